The van der Waals surface area contributed by atoms with Crippen LogP contribution in [0, 0.1) is 13.8 Å². The van der Waals surface area contributed by atoms with E-state index in [4.69, 9.17) is 16.3 Å². The van der Waals surface area contributed by atoms with Gasteiger partial charge in [0, 0.05) is 16.4 Å². The fourth-order valence-corrected chi connectivity index (χ4v) is 2.52. The van der Waals surface area contributed by atoms with Gasteiger partial charge in [-0.2, -0.15) is 5.10 Å². The van der Waals surface area contributed by atoms with Crippen LogP contribution in [0.15, 0.2) is 36.5 Å². The standard InChI is InChI=1S/C17H17ClN4O2/c1-11-9-12(2)22-16(21-11)15(10-20-22)17(23)19-7-8-24-14-5-3-13(18)4-6-14/h3-6,9-10H,7-8H2,1-2H3,(H,19,23). The predicted molar refractivity (Wildman–Crippen MR) is 91.7 cm³/mol. The summed E-state index contributed by atoms with van der Waals surface area (Å²) in [5, 5.41) is 7.68. The fraction of sp³-hybridized carbons (Fsp3) is 0.235. The zero-order valence-electron chi connectivity index (χ0n) is 13.4. The van der Waals surface area contributed by atoms with Gasteiger partial charge in [-0.1, -0.05) is 11.6 Å². The smallest absolute Gasteiger partial charge is 0.256 e. The van der Waals surface area contributed by atoms with Crippen LogP contribution in [-0.2, 0) is 0 Å². The number of aromatic nitrogens is 3. The number of carbonyl (C=O) groups is 1. The molecule has 0 radical (unpaired) electrons. The Morgan fingerprint density at radius 3 is 2.79 bits per heavy atom. The summed E-state index contributed by atoms with van der Waals surface area (Å²) in [4.78, 5) is 16.7. The van der Waals surface area contributed by atoms with Crippen molar-refractivity contribution >= 4 is 23.2 Å². The van der Waals surface area contributed by atoms with E-state index >= 15 is 0 Å². The van der Waals surface area contributed by atoms with Crippen LogP contribution < -0.4 is 10.1 Å². The molecule has 1 N–H and O–H groups in total. The summed E-state index contributed by atoms with van der Waals surface area (Å²) in [6.07, 6.45) is 1.53. The molecule has 1 amide bonds. The Balaban J connectivity index is 1.60. The molecule has 2 aromatic heterocycles. The highest BCUT2D eigenvalue weighted by Crippen LogP contribution is 2.15. The Bertz CT molecular complexity index is 874. The number of hydrogen-bond acceptors (Lipinski definition) is 4. The molecule has 0 unspecified atom stereocenters. The molecule has 7 heteroatoms. The summed E-state index contributed by atoms with van der Waals surface area (Å²) in [6.45, 7) is 4.56. The first-order valence-corrected chi connectivity index (χ1v) is 7.91. The van der Waals surface area contributed by atoms with Crippen molar-refractivity contribution < 1.29 is 9.53 Å². The van der Waals surface area contributed by atoms with E-state index < -0.39 is 0 Å². The number of carbonyl (C=O) groups excluding carboxylic acids is 1. The van der Waals surface area contributed by atoms with E-state index in [1.165, 1.54) is 6.20 Å². The third kappa shape index (κ3) is 3.49. The lowest BCUT2D eigenvalue weighted by Gasteiger charge is -2.07. The van der Waals surface area contributed by atoms with Gasteiger partial charge in [0.1, 0.15) is 17.9 Å². The van der Waals surface area contributed by atoms with Gasteiger partial charge in [0.2, 0.25) is 0 Å². The Labute approximate surface area is 144 Å². The summed E-state index contributed by atoms with van der Waals surface area (Å²) in [5.41, 5.74) is 2.79. The third-order valence-corrected chi connectivity index (χ3v) is 3.74. The van der Waals surface area contributed by atoms with Crippen LogP contribution in [0.3, 0.4) is 0 Å². The van der Waals surface area contributed by atoms with Crippen molar-refractivity contribution in [2.45, 2.75) is 13.8 Å². The van der Waals surface area contributed by atoms with Crippen LogP contribution in [-0.4, -0.2) is 33.7 Å². The van der Waals surface area contributed by atoms with Gasteiger partial charge in [0.25, 0.3) is 5.91 Å². The highest BCUT2D eigenvalue weighted by atomic mass is 35.5. The second-order valence-corrected chi connectivity index (χ2v) is 5.83. The Morgan fingerprint density at radius 2 is 2.04 bits per heavy atom. The number of amides is 1. The van der Waals surface area contributed by atoms with Gasteiger partial charge in [-0.05, 0) is 44.2 Å². The van der Waals surface area contributed by atoms with E-state index in [9.17, 15) is 4.79 Å². The molecule has 3 rings (SSSR count). The van der Waals surface area contributed by atoms with E-state index in [2.05, 4.69) is 15.4 Å². The zero-order chi connectivity index (χ0) is 17.1. The van der Waals surface area contributed by atoms with Crippen molar-refractivity contribution in [3.05, 3.63) is 58.5 Å². The molecule has 0 fully saturated rings. The minimum atomic E-state index is -0.220. The number of hydrogen-bond donors (Lipinski definition) is 1. The zero-order valence-corrected chi connectivity index (χ0v) is 14.2. The second kappa shape index (κ2) is 6.88. The SMILES string of the molecule is Cc1cc(C)n2ncc(C(=O)NCCOc3ccc(Cl)cc3)c2n1. The fourth-order valence-electron chi connectivity index (χ4n) is 2.39. The highest BCUT2D eigenvalue weighted by Gasteiger charge is 2.15. The summed E-state index contributed by atoms with van der Waals surface area (Å²) < 4.78 is 7.20. The number of ether oxygens (including phenoxy) is 1. The number of nitrogens with zero attached hydrogens (tertiary/aromatic N) is 3. The first-order valence-electron chi connectivity index (χ1n) is 7.53. The predicted octanol–water partition coefficient (Wildman–Crippen LogP) is 2.81. The van der Waals surface area contributed by atoms with Crippen LogP contribution in [0.5, 0.6) is 5.75 Å². The van der Waals surface area contributed by atoms with Gasteiger partial charge in [0.05, 0.1) is 12.7 Å². The molecular formula is C17H17ClN4O2. The lowest BCUT2D eigenvalue weighted by molar-refractivity contribution is 0.0948. The Morgan fingerprint density at radius 1 is 1.29 bits per heavy atom. The maximum absolute atomic E-state index is 12.3. The van der Waals surface area contributed by atoms with Crippen LogP contribution >= 0.6 is 11.6 Å². The van der Waals surface area contributed by atoms with Gasteiger partial charge in [-0.25, -0.2) is 9.50 Å². The van der Waals surface area contributed by atoms with E-state index in [0.717, 1.165) is 11.4 Å². The highest BCUT2D eigenvalue weighted by molar-refractivity contribution is 6.30. The molecular weight excluding hydrogens is 328 g/mol. The van der Waals surface area contributed by atoms with Crippen LogP contribution in [0.2, 0.25) is 5.02 Å². The summed E-state index contributed by atoms with van der Waals surface area (Å²) >= 11 is 5.82. The molecule has 0 spiro atoms. The number of aryl methyl sites for hydroxylation is 2. The van der Waals surface area contributed by atoms with Gasteiger partial charge < -0.3 is 10.1 Å². The van der Waals surface area contributed by atoms with Gasteiger partial charge in [0.15, 0.2) is 5.65 Å². The molecule has 24 heavy (non-hydrogen) atoms. The van der Waals surface area contributed by atoms with Gasteiger partial charge in [-0.15, -0.1) is 0 Å². The molecule has 3 aromatic rings. The number of halogens is 1. The van der Waals surface area contributed by atoms with E-state index in [1.807, 2.05) is 19.9 Å². The van der Waals surface area contributed by atoms with Crippen molar-refractivity contribution in [1.82, 2.24) is 19.9 Å². The Kier molecular flexibility index (Phi) is 4.66. The van der Waals surface area contributed by atoms with Crippen molar-refractivity contribution in [3.8, 4) is 5.75 Å². The average Bonchev–Trinajstić information content (AvgIpc) is 2.97. The van der Waals surface area contributed by atoms with Crippen LogP contribution in [0.1, 0.15) is 21.7 Å². The molecule has 1 aromatic carbocycles. The first kappa shape index (κ1) is 16.3. The monoisotopic (exact) mass is 344 g/mol. The second-order valence-electron chi connectivity index (χ2n) is 5.39. The molecule has 0 atom stereocenters. The largest absolute Gasteiger partial charge is 0.492 e. The Hall–Kier alpha value is -2.60. The van der Waals surface area contributed by atoms with E-state index in [-0.39, 0.29) is 5.91 Å². The van der Waals surface area contributed by atoms with Crippen molar-refractivity contribution in [2.24, 2.45) is 0 Å². The summed E-state index contributed by atoms with van der Waals surface area (Å²) in [6, 6.07) is 8.99. The number of benzene rings is 1. The topological polar surface area (TPSA) is 68.5 Å². The van der Waals surface area contributed by atoms with Gasteiger partial charge >= 0.3 is 0 Å². The number of rotatable bonds is 5. The molecule has 2 heterocycles. The quantitative estimate of drug-likeness (QED) is 0.723. The normalized spacial score (nSPS) is 10.8. The summed E-state index contributed by atoms with van der Waals surface area (Å²) in [7, 11) is 0. The van der Waals surface area contributed by atoms with Gasteiger partial charge in [-0.3, -0.25) is 4.79 Å². The third-order valence-electron chi connectivity index (χ3n) is 3.49. The van der Waals surface area contributed by atoms with E-state index in [1.54, 1.807) is 28.8 Å². The number of nitrogens with one attached hydrogen (secondary N) is 1. The van der Waals surface area contributed by atoms with E-state index in [0.29, 0.717) is 35.1 Å². The molecule has 6 nitrogen and oxygen atoms in total. The maximum Gasteiger partial charge on any atom is 0.256 e. The molecule has 0 saturated heterocycles. The maximum atomic E-state index is 12.3. The van der Waals surface area contributed by atoms with Crippen LogP contribution in [0.4, 0.5) is 0 Å². The number of fused-ring (bicyclic) bond motifs is 1. The van der Waals surface area contributed by atoms with Crippen molar-refractivity contribution in [2.75, 3.05) is 13.2 Å². The lowest BCUT2D eigenvalue weighted by Crippen LogP contribution is -2.28. The molecule has 0 aliphatic heterocycles. The molecule has 0 aliphatic rings. The molecule has 0 saturated carbocycles. The molecule has 0 bridgehead atoms. The molecule has 124 valence electrons. The average molecular weight is 345 g/mol. The minimum absolute atomic E-state index is 0.220. The first-order chi connectivity index (χ1) is 11.5. The van der Waals surface area contributed by atoms with Crippen LogP contribution in [0.25, 0.3) is 5.65 Å². The summed E-state index contributed by atoms with van der Waals surface area (Å²) in [5.74, 6) is 0.486. The lowest BCUT2D eigenvalue weighted by atomic mass is 10.3. The van der Waals surface area contributed by atoms with Crippen molar-refractivity contribution in [3.63, 3.8) is 0 Å². The van der Waals surface area contributed by atoms with Crippen molar-refractivity contribution in [1.29, 1.82) is 0 Å². The molecule has 0 aliphatic carbocycles. The minimum Gasteiger partial charge on any atom is -0.492 e.